The highest BCUT2D eigenvalue weighted by Crippen LogP contribution is 2.12. The minimum absolute atomic E-state index is 0.368. The lowest BCUT2D eigenvalue weighted by atomic mass is 10.6. The number of aromatic amines is 1. The normalized spacial score (nSPS) is 11.0. The van der Waals surface area contributed by atoms with Crippen molar-refractivity contribution in [2.45, 2.75) is 12.1 Å². The minimum Gasteiger partial charge on any atom is -0.368 e. The van der Waals surface area contributed by atoms with Crippen molar-refractivity contribution >= 4 is 17.7 Å². The Hall–Kier alpha value is -0.970. The molecule has 0 bridgehead atoms. The second-order valence-corrected chi connectivity index (χ2v) is 2.87. The van der Waals surface area contributed by atoms with E-state index in [1.54, 1.807) is 11.8 Å². The van der Waals surface area contributed by atoms with Crippen LogP contribution in [0.25, 0.3) is 0 Å². The molecule has 0 aromatic carbocycles. The van der Waals surface area contributed by atoms with Crippen molar-refractivity contribution in [3.63, 3.8) is 0 Å². The number of allylic oxidation sites excluding steroid dienone is 1. The lowest BCUT2D eigenvalue weighted by Crippen LogP contribution is -1.85. The summed E-state index contributed by atoms with van der Waals surface area (Å²) in [6, 6.07) is 0. The summed E-state index contributed by atoms with van der Waals surface area (Å²) in [4.78, 5) is 3.92. The van der Waals surface area contributed by atoms with Gasteiger partial charge in [0.2, 0.25) is 11.1 Å². The minimum atomic E-state index is 0.368. The van der Waals surface area contributed by atoms with E-state index in [9.17, 15) is 0 Å². The second kappa shape index (κ2) is 4.02. The Bertz CT molecular complexity index is 242. The number of rotatable bonds is 3. The highest BCUT2D eigenvalue weighted by Gasteiger charge is 1.97. The summed E-state index contributed by atoms with van der Waals surface area (Å²) in [5.74, 6) is 1.25. The zero-order chi connectivity index (χ0) is 8.10. The molecule has 0 fully saturated rings. The van der Waals surface area contributed by atoms with E-state index in [0.29, 0.717) is 11.1 Å². The second-order valence-electron chi connectivity index (χ2n) is 1.88. The molecule has 1 heterocycles. The molecule has 11 heavy (non-hydrogen) atoms. The van der Waals surface area contributed by atoms with E-state index in [4.69, 9.17) is 5.73 Å². The van der Waals surface area contributed by atoms with Crippen LogP contribution in [-0.4, -0.2) is 20.9 Å². The van der Waals surface area contributed by atoms with Gasteiger partial charge >= 0.3 is 0 Å². The van der Waals surface area contributed by atoms with Crippen LogP contribution in [0.1, 0.15) is 6.92 Å². The molecule has 0 aliphatic carbocycles. The third-order valence-corrected chi connectivity index (χ3v) is 1.83. The molecule has 0 saturated heterocycles. The quantitative estimate of drug-likeness (QED) is 0.525. The van der Waals surface area contributed by atoms with Gasteiger partial charge in [-0.3, -0.25) is 0 Å². The van der Waals surface area contributed by atoms with Crippen molar-refractivity contribution in [2.75, 3.05) is 11.5 Å². The molecule has 60 valence electrons. The van der Waals surface area contributed by atoms with Gasteiger partial charge in [-0.1, -0.05) is 23.9 Å². The molecule has 0 atom stereocenters. The number of nitrogens with zero attached hydrogens (tertiary/aromatic N) is 2. The van der Waals surface area contributed by atoms with E-state index in [2.05, 4.69) is 15.2 Å². The maximum absolute atomic E-state index is 5.32. The Labute approximate surface area is 69.3 Å². The number of nitrogens with one attached hydrogen (secondary N) is 1. The highest BCUT2D eigenvalue weighted by molar-refractivity contribution is 7.99. The predicted molar refractivity (Wildman–Crippen MR) is 46.3 cm³/mol. The fourth-order valence-electron chi connectivity index (χ4n) is 0.542. The van der Waals surface area contributed by atoms with Crippen LogP contribution in [0.3, 0.4) is 0 Å². The lowest BCUT2D eigenvalue weighted by molar-refractivity contribution is 0.975. The van der Waals surface area contributed by atoms with Gasteiger partial charge in [0.1, 0.15) is 0 Å². The van der Waals surface area contributed by atoms with E-state index in [0.717, 1.165) is 5.75 Å². The van der Waals surface area contributed by atoms with E-state index in [-0.39, 0.29) is 0 Å². The summed E-state index contributed by atoms with van der Waals surface area (Å²) < 4.78 is 0. The maximum Gasteiger partial charge on any atom is 0.216 e. The first-order valence-electron chi connectivity index (χ1n) is 3.24. The largest absolute Gasteiger partial charge is 0.368 e. The van der Waals surface area contributed by atoms with Gasteiger partial charge in [0, 0.05) is 5.75 Å². The molecule has 0 amide bonds. The molecule has 5 heteroatoms. The number of H-pyrrole nitrogens is 1. The summed E-state index contributed by atoms with van der Waals surface area (Å²) in [6.45, 7) is 1.98. The van der Waals surface area contributed by atoms with Gasteiger partial charge < -0.3 is 5.73 Å². The Balaban J connectivity index is 2.38. The van der Waals surface area contributed by atoms with E-state index < -0.39 is 0 Å². The lowest BCUT2D eigenvalue weighted by Gasteiger charge is -1.85. The van der Waals surface area contributed by atoms with Gasteiger partial charge in [0.05, 0.1) is 0 Å². The first-order valence-corrected chi connectivity index (χ1v) is 4.23. The van der Waals surface area contributed by atoms with Crippen LogP contribution in [0, 0.1) is 0 Å². The number of nitrogen functional groups attached to an aromatic ring is 1. The van der Waals surface area contributed by atoms with Gasteiger partial charge in [-0.15, -0.1) is 5.10 Å². The number of nitrogens with two attached hydrogens (primary N) is 1. The van der Waals surface area contributed by atoms with E-state index >= 15 is 0 Å². The average molecular weight is 170 g/mol. The molecule has 0 spiro atoms. The summed E-state index contributed by atoms with van der Waals surface area (Å²) in [5, 5.41) is 7.12. The van der Waals surface area contributed by atoms with Crippen molar-refractivity contribution in [1.82, 2.24) is 15.2 Å². The summed E-state index contributed by atoms with van der Waals surface area (Å²) >= 11 is 1.55. The Kier molecular flexibility index (Phi) is 2.97. The Morgan fingerprint density at radius 1 is 1.73 bits per heavy atom. The SMILES string of the molecule is C/C=C/CSc1n[nH]c(N)n1. The molecule has 1 aromatic rings. The standard InChI is InChI=1S/C6H10N4S/c1-2-3-4-11-6-8-5(7)9-10-6/h2-3H,4H2,1H3,(H3,7,8,9,10)/b3-2+. The zero-order valence-electron chi connectivity index (χ0n) is 6.24. The molecule has 0 aliphatic rings. The van der Waals surface area contributed by atoms with Crippen LogP contribution < -0.4 is 5.73 Å². The van der Waals surface area contributed by atoms with Crippen LogP contribution in [0.2, 0.25) is 0 Å². The van der Waals surface area contributed by atoms with Crippen LogP contribution >= 0.6 is 11.8 Å². The number of thioether (sulfide) groups is 1. The third kappa shape index (κ3) is 2.63. The van der Waals surface area contributed by atoms with Crippen LogP contribution in [0.4, 0.5) is 5.95 Å². The Morgan fingerprint density at radius 3 is 3.09 bits per heavy atom. The molecule has 3 N–H and O–H groups in total. The molecule has 4 nitrogen and oxygen atoms in total. The molecule has 0 unspecified atom stereocenters. The summed E-state index contributed by atoms with van der Waals surface area (Å²) in [6.07, 6.45) is 4.03. The Morgan fingerprint density at radius 2 is 2.55 bits per heavy atom. The van der Waals surface area contributed by atoms with Crippen molar-refractivity contribution in [1.29, 1.82) is 0 Å². The summed E-state index contributed by atoms with van der Waals surface area (Å²) in [7, 11) is 0. The monoisotopic (exact) mass is 170 g/mol. The molecule has 0 radical (unpaired) electrons. The fraction of sp³-hybridized carbons (Fsp3) is 0.333. The molecule has 0 aliphatic heterocycles. The van der Waals surface area contributed by atoms with E-state index in [1.807, 2.05) is 19.1 Å². The predicted octanol–water partition coefficient (Wildman–Crippen LogP) is 1.06. The molecular formula is C6H10N4S. The van der Waals surface area contributed by atoms with Gasteiger partial charge in [-0.2, -0.15) is 4.98 Å². The third-order valence-electron chi connectivity index (χ3n) is 1.03. The number of hydrogen-bond acceptors (Lipinski definition) is 4. The maximum atomic E-state index is 5.32. The molecule has 1 aromatic heterocycles. The number of hydrogen-bond donors (Lipinski definition) is 2. The first kappa shape index (κ1) is 8.13. The number of aromatic nitrogens is 3. The van der Waals surface area contributed by atoms with Crippen LogP contribution in [0.15, 0.2) is 17.3 Å². The van der Waals surface area contributed by atoms with Gasteiger partial charge in [0.25, 0.3) is 0 Å². The van der Waals surface area contributed by atoms with Gasteiger partial charge in [-0.25, -0.2) is 5.10 Å². The van der Waals surface area contributed by atoms with Crippen molar-refractivity contribution < 1.29 is 0 Å². The fourth-order valence-corrected chi connectivity index (χ4v) is 1.25. The van der Waals surface area contributed by atoms with Crippen LogP contribution in [0.5, 0.6) is 0 Å². The molecule has 0 saturated carbocycles. The summed E-state index contributed by atoms with van der Waals surface area (Å²) in [5.41, 5.74) is 5.32. The number of anilines is 1. The topological polar surface area (TPSA) is 67.6 Å². The first-order chi connectivity index (χ1) is 5.33. The average Bonchev–Trinajstić information content (AvgIpc) is 2.37. The van der Waals surface area contributed by atoms with Crippen LogP contribution in [-0.2, 0) is 0 Å². The zero-order valence-corrected chi connectivity index (χ0v) is 7.06. The van der Waals surface area contributed by atoms with Crippen molar-refractivity contribution in [3.8, 4) is 0 Å². The van der Waals surface area contributed by atoms with Crippen molar-refractivity contribution in [3.05, 3.63) is 12.2 Å². The smallest absolute Gasteiger partial charge is 0.216 e. The molecular weight excluding hydrogens is 160 g/mol. The van der Waals surface area contributed by atoms with Gasteiger partial charge in [0.15, 0.2) is 0 Å². The van der Waals surface area contributed by atoms with Crippen molar-refractivity contribution in [2.24, 2.45) is 0 Å². The highest BCUT2D eigenvalue weighted by atomic mass is 32.2. The van der Waals surface area contributed by atoms with E-state index in [1.165, 1.54) is 0 Å². The van der Waals surface area contributed by atoms with Gasteiger partial charge in [-0.05, 0) is 6.92 Å². The molecule has 1 rings (SSSR count).